The molecule has 0 aromatic heterocycles. The Morgan fingerprint density at radius 1 is 1.17 bits per heavy atom. The molecule has 1 nitrogen and oxygen atoms in total. The van der Waals surface area contributed by atoms with Gasteiger partial charge in [-0.25, -0.2) is 0 Å². The molecule has 1 rings (SSSR count). The van der Waals surface area contributed by atoms with Gasteiger partial charge in [0, 0.05) is 0 Å². The molecule has 0 spiro atoms. The summed E-state index contributed by atoms with van der Waals surface area (Å²) in [5, 5.41) is 3.29. The second kappa shape index (κ2) is 2.54. The SMILES string of the molecule is C1CPCCN1. The molecule has 1 aliphatic rings. The lowest BCUT2D eigenvalue weighted by Crippen LogP contribution is -2.23. The molecule has 1 aliphatic heterocycles. The highest BCUT2D eigenvalue weighted by Crippen LogP contribution is 2.08. The summed E-state index contributed by atoms with van der Waals surface area (Å²) in [6, 6.07) is 0. The quantitative estimate of drug-likeness (QED) is 0.434. The number of hydrogen-bond donors (Lipinski definition) is 1. The predicted octanol–water partition coefficient (Wildman–Crippen LogP) is 0.268. The van der Waals surface area contributed by atoms with Gasteiger partial charge in [0.05, 0.1) is 0 Å². The molecule has 6 heavy (non-hydrogen) atoms. The van der Waals surface area contributed by atoms with Crippen LogP contribution in [0.3, 0.4) is 0 Å². The highest BCUT2D eigenvalue weighted by Gasteiger charge is 1.93. The monoisotopic (exact) mass is 103 g/mol. The largest absolute Gasteiger partial charge is 0.316 e. The van der Waals surface area contributed by atoms with Crippen LogP contribution in [0.15, 0.2) is 0 Å². The van der Waals surface area contributed by atoms with E-state index in [1.807, 2.05) is 0 Å². The maximum atomic E-state index is 3.29. The van der Waals surface area contributed by atoms with Crippen LogP contribution in [0.2, 0.25) is 0 Å². The van der Waals surface area contributed by atoms with Crippen LogP contribution in [0.25, 0.3) is 0 Å². The lowest BCUT2D eigenvalue weighted by Gasteiger charge is -2.09. The van der Waals surface area contributed by atoms with Crippen molar-refractivity contribution in [3.05, 3.63) is 0 Å². The van der Waals surface area contributed by atoms with Crippen LogP contribution in [-0.2, 0) is 0 Å². The van der Waals surface area contributed by atoms with Crippen LogP contribution < -0.4 is 5.32 Å². The Bertz CT molecular complexity index is 23.0. The Balaban J connectivity index is 2.00. The third-order valence-corrected chi connectivity index (χ3v) is 2.16. The standard InChI is InChI=1S/C4H10NP/c1-3-6-4-2-5-1/h5-6H,1-4H2. The number of nitrogens with one attached hydrogen (secondary N) is 1. The van der Waals surface area contributed by atoms with Crippen LogP contribution in [0.1, 0.15) is 0 Å². The maximum Gasteiger partial charge on any atom is -0.00117 e. The van der Waals surface area contributed by atoms with Gasteiger partial charge in [-0.05, 0) is 25.4 Å². The van der Waals surface area contributed by atoms with Gasteiger partial charge in [-0.15, -0.1) is 8.58 Å². The molecule has 1 heterocycles. The van der Waals surface area contributed by atoms with Gasteiger partial charge < -0.3 is 5.32 Å². The second-order valence-corrected chi connectivity index (χ2v) is 3.00. The highest BCUT2D eigenvalue weighted by molar-refractivity contribution is 7.38. The summed E-state index contributed by atoms with van der Waals surface area (Å²) >= 11 is 0. The van der Waals surface area contributed by atoms with Crippen molar-refractivity contribution in [2.45, 2.75) is 0 Å². The Labute approximate surface area is 40.3 Å². The fourth-order valence-electron chi connectivity index (χ4n) is 0.604. The molecule has 0 aromatic carbocycles. The minimum absolute atomic E-state index is 1.24. The summed E-state index contributed by atoms with van der Waals surface area (Å²) in [6.07, 6.45) is 2.83. The van der Waals surface area contributed by atoms with Crippen LogP contribution >= 0.6 is 8.58 Å². The number of rotatable bonds is 0. The molecule has 0 amide bonds. The minimum Gasteiger partial charge on any atom is -0.316 e. The van der Waals surface area contributed by atoms with Crippen molar-refractivity contribution in [2.24, 2.45) is 0 Å². The first-order chi connectivity index (χ1) is 3.00. The van der Waals surface area contributed by atoms with Crippen LogP contribution in [0, 0.1) is 0 Å². The molecular weight excluding hydrogens is 93.0 g/mol. The van der Waals surface area contributed by atoms with E-state index in [1.165, 1.54) is 34.0 Å². The first-order valence-electron chi connectivity index (χ1n) is 2.41. The summed E-state index contributed by atoms with van der Waals surface area (Å²) in [4.78, 5) is 0. The average Bonchev–Trinajstić information content (AvgIpc) is 1.72. The van der Waals surface area contributed by atoms with Gasteiger partial charge in [0.15, 0.2) is 0 Å². The molecule has 36 valence electrons. The van der Waals surface area contributed by atoms with Gasteiger partial charge in [-0.1, -0.05) is 0 Å². The molecule has 0 bridgehead atoms. The zero-order valence-corrected chi connectivity index (χ0v) is 4.83. The Hall–Kier alpha value is 0.390. The van der Waals surface area contributed by atoms with Gasteiger partial charge >= 0.3 is 0 Å². The van der Waals surface area contributed by atoms with Crippen LogP contribution in [0.4, 0.5) is 0 Å². The lowest BCUT2D eigenvalue weighted by atomic mass is 10.6. The molecule has 0 aliphatic carbocycles. The Morgan fingerprint density at radius 3 is 2.00 bits per heavy atom. The Morgan fingerprint density at radius 2 is 1.83 bits per heavy atom. The summed E-state index contributed by atoms with van der Waals surface area (Å²) in [6.45, 7) is 2.52. The minimum atomic E-state index is 1.24. The fourth-order valence-corrected chi connectivity index (χ4v) is 1.56. The van der Waals surface area contributed by atoms with Gasteiger partial charge in [-0.3, -0.25) is 0 Å². The highest BCUT2D eigenvalue weighted by atomic mass is 31.1. The van der Waals surface area contributed by atoms with E-state index in [2.05, 4.69) is 5.32 Å². The van der Waals surface area contributed by atoms with Gasteiger partial charge in [0.25, 0.3) is 0 Å². The fraction of sp³-hybridized carbons (Fsp3) is 1.00. The Kier molecular flexibility index (Phi) is 1.93. The second-order valence-electron chi connectivity index (χ2n) is 1.50. The molecule has 2 heteroatoms. The van der Waals surface area contributed by atoms with E-state index in [4.69, 9.17) is 0 Å². The molecular formula is C4H10NP. The van der Waals surface area contributed by atoms with E-state index in [9.17, 15) is 0 Å². The van der Waals surface area contributed by atoms with E-state index >= 15 is 0 Å². The van der Waals surface area contributed by atoms with Crippen molar-refractivity contribution in [2.75, 3.05) is 25.4 Å². The van der Waals surface area contributed by atoms with E-state index < -0.39 is 0 Å². The third-order valence-electron chi connectivity index (χ3n) is 0.957. The first kappa shape index (κ1) is 4.55. The van der Waals surface area contributed by atoms with Crippen LogP contribution in [0.5, 0.6) is 0 Å². The van der Waals surface area contributed by atoms with Gasteiger partial charge in [0.1, 0.15) is 0 Å². The van der Waals surface area contributed by atoms with E-state index in [1.54, 1.807) is 0 Å². The van der Waals surface area contributed by atoms with Gasteiger partial charge in [0.2, 0.25) is 0 Å². The molecule has 1 N–H and O–H groups in total. The van der Waals surface area contributed by atoms with Crippen molar-refractivity contribution >= 4 is 8.58 Å². The summed E-state index contributed by atoms with van der Waals surface area (Å²) in [5.41, 5.74) is 0. The van der Waals surface area contributed by atoms with Crippen molar-refractivity contribution in [3.8, 4) is 0 Å². The van der Waals surface area contributed by atoms with Crippen molar-refractivity contribution < 1.29 is 0 Å². The maximum absolute atomic E-state index is 3.29. The zero-order chi connectivity index (χ0) is 4.24. The summed E-state index contributed by atoms with van der Waals surface area (Å²) in [7, 11) is 1.24. The van der Waals surface area contributed by atoms with E-state index in [0.717, 1.165) is 0 Å². The topological polar surface area (TPSA) is 12.0 Å². The molecule has 0 aromatic rings. The van der Waals surface area contributed by atoms with E-state index in [0.29, 0.717) is 0 Å². The smallest absolute Gasteiger partial charge is 0.00117 e. The van der Waals surface area contributed by atoms with Crippen molar-refractivity contribution in [1.82, 2.24) is 5.32 Å². The molecule has 1 fully saturated rings. The normalized spacial score (nSPS) is 24.0. The summed E-state index contributed by atoms with van der Waals surface area (Å²) < 4.78 is 0. The molecule has 0 radical (unpaired) electrons. The number of hydrogen-bond acceptors (Lipinski definition) is 1. The molecule has 0 saturated carbocycles. The van der Waals surface area contributed by atoms with Crippen LogP contribution in [-0.4, -0.2) is 25.4 Å². The zero-order valence-electron chi connectivity index (χ0n) is 3.83. The van der Waals surface area contributed by atoms with Gasteiger partial charge in [-0.2, -0.15) is 0 Å². The molecule has 0 atom stereocenters. The lowest BCUT2D eigenvalue weighted by molar-refractivity contribution is 0.752. The molecule has 1 saturated heterocycles. The van der Waals surface area contributed by atoms with Crippen molar-refractivity contribution in [3.63, 3.8) is 0 Å². The van der Waals surface area contributed by atoms with E-state index in [-0.39, 0.29) is 0 Å². The molecule has 0 unspecified atom stereocenters. The summed E-state index contributed by atoms with van der Waals surface area (Å²) in [5.74, 6) is 0. The predicted molar refractivity (Wildman–Crippen MR) is 30.9 cm³/mol. The van der Waals surface area contributed by atoms with Crippen molar-refractivity contribution in [1.29, 1.82) is 0 Å². The average molecular weight is 103 g/mol. The third kappa shape index (κ3) is 1.24. The first-order valence-corrected chi connectivity index (χ1v) is 3.83.